The first kappa shape index (κ1) is 21.0. The number of nitrogens with zero attached hydrogens (tertiary/aromatic N) is 1. The van der Waals surface area contributed by atoms with E-state index >= 15 is 0 Å². The molecule has 0 N–H and O–H groups in total. The average molecular weight is 421 g/mol. The Morgan fingerprint density at radius 2 is 1.55 bits per heavy atom. The maximum atomic E-state index is 13.4. The Labute approximate surface area is 182 Å². The predicted octanol–water partition coefficient (Wildman–Crippen LogP) is 4.55. The lowest BCUT2D eigenvalue weighted by atomic mass is 9.77. The number of carbonyl (C=O) groups is 2. The second kappa shape index (κ2) is 8.46. The van der Waals surface area contributed by atoms with Crippen molar-refractivity contribution in [1.82, 2.24) is 0 Å². The molecule has 6 nitrogen and oxygen atoms in total. The predicted molar refractivity (Wildman–Crippen MR) is 118 cm³/mol. The second-order valence-electron chi connectivity index (χ2n) is 7.92. The first-order valence-electron chi connectivity index (χ1n) is 10.4. The van der Waals surface area contributed by atoms with Gasteiger partial charge in [0.2, 0.25) is 11.7 Å². The Balaban J connectivity index is 1.87. The fourth-order valence-electron chi connectivity index (χ4n) is 4.57. The van der Waals surface area contributed by atoms with Crippen LogP contribution in [0.4, 0.5) is 5.69 Å². The van der Waals surface area contributed by atoms with Crippen molar-refractivity contribution in [3.8, 4) is 17.2 Å². The number of rotatable bonds is 5. The summed E-state index contributed by atoms with van der Waals surface area (Å²) in [6.07, 6.45) is 2.14. The van der Waals surface area contributed by atoms with E-state index in [-0.39, 0.29) is 24.0 Å². The number of allylic oxidation sites excluding steroid dienone is 2. The summed E-state index contributed by atoms with van der Waals surface area (Å²) in [7, 11) is 4.67. The highest BCUT2D eigenvalue weighted by Gasteiger charge is 2.40. The number of hydrogen-bond acceptors (Lipinski definition) is 5. The summed E-state index contributed by atoms with van der Waals surface area (Å²) < 4.78 is 16.4. The summed E-state index contributed by atoms with van der Waals surface area (Å²) >= 11 is 0. The highest BCUT2D eigenvalue weighted by atomic mass is 16.5. The molecular weight excluding hydrogens is 394 g/mol. The highest BCUT2D eigenvalue weighted by molar-refractivity contribution is 6.07. The van der Waals surface area contributed by atoms with Gasteiger partial charge in [-0.2, -0.15) is 0 Å². The monoisotopic (exact) mass is 421 g/mol. The molecule has 2 aromatic carbocycles. The molecule has 2 aromatic rings. The Morgan fingerprint density at radius 3 is 2.13 bits per heavy atom. The van der Waals surface area contributed by atoms with E-state index in [4.69, 9.17) is 14.2 Å². The number of Topliss-reactive ketones (excluding diaryl/α,β-unsaturated/α-hetero) is 1. The number of amides is 1. The van der Waals surface area contributed by atoms with Gasteiger partial charge in [-0.25, -0.2) is 0 Å². The molecule has 0 unspecified atom stereocenters. The van der Waals surface area contributed by atoms with Gasteiger partial charge in [0.15, 0.2) is 17.3 Å². The molecule has 1 atom stereocenters. The molecule has 0 aromatic heterocycles. The summed E-state index contributed by atoms with van der Waals surface area (Å²) in [5, 5.41) is 0. The molecule has 1 aliphatic carbocycles. The number of methoxy groups -OCH3 is 3. The molecule has 0 spiro atoms. The van der Waals surface area contributed by atoms with Crippen molar-refractivity contribution < 1.29 is 23.8 Å². The number of carbonyl (C=O) groups excluding carboxylic acids is 2. The Hall–Kier alpha value is -3.28. The topological polar surface area (TPSA) is 65.1 Å². The van der Waals surface area contributed by atoms with E-state index in [1.165, 1.54) is 0 Å². The van der Waals surface area contributed by atoms with Crippen LogP contribution in [0.15, 0.2) is 47.7 Å². The molecule has 31 heavy (non-hydrogen) atoms. The van der Waals surface area contributed by atoms with Gasteiger partial charge in [0.25, 0.3) is 0 Å². The van der Waals surface area contributed by atoms with Gasteiger partial charge in [-0.05, 0) is 49.6 Å². The van der Waals surface area contributed by atoms with E-state index < -0.39 is 0 Å². The maximum absolute atomic E-state index is 13.4. The molecule has 0 saturated heterocycles. The third kappa shape index (κ3) is 3.67. The fourth-order valence-corrected chi connectivity index (χ4v) is 4.57. The number of benzene rings is 2. The molecule has 4 rings (SSSR count). The molecule has 6 heteroatoms. The SMILES string of the molecule is COc1cc([C@H]2CC(=O)N(c3ccc(C)cc3)C3=C2C(=O)CCC3)cc(OC)c1OC. The molecule has 0 radical (unpaired) electrons. The lowest BCUT2D eigenvalue weighted by Crippen LogP contribution is -2.40. The number of anilines is 1. The molecule has 1 aliphatic heterocycles. The molecule has 2 aliphatic rings. The van der Waals surface area contributed by atoms with Crippen LogP contribution < -0.4 is 19.1 Å². The van der Waals surface area contributed by atoms with Gasteiger partial charge in [-0.3, -0.25) is 14.5 Å². The zero-order valence-electron chi connectivity index (χ0n) is 18.4. The van der Waals surface area contributed by atoms with Crippen molar-refractivity contribution >= 4 is 17.4 Å². The van der Waals surface area contributed by atoms with E-state index in [1.54, 1.807) is 26.2 Å². The third-order valence-electron chi connectivity index (χ3n) is 6.06. The van der Waals surface area contributed by atoms with Crippen molar-refractivity contribution in [2.24, 2.45) is 0 Å². The van der Waals surface area contributed by atoms with Crippen LogP contribution in [0.25, 0.3) is 0 Å². The van der Waals surface area contributed by atoms with Crippen molar-refractivity contribution in [2.45, 2.75) is 38.5 Å². The van der Waals surface area contributed by atoms with Gasteiger partial charge >= 0.3 is 0 Å². The number of aryl methyl sites for hydroxylation is 1. The van der Waals surface area contributed by atoms with Gasteiger partial charge in [-0.15, -0.1) is 0 Å². The molecular formula is C25H27NO5. The van der Waals surface area contributed by atoms with E-state index in [9.17, 15) is 9.59 Å². The van der Waals surface area contributed by atoms with E-state index in [2.05, 4.69) is 0 Å². The number of ether oxygens (including phenoxy) is 3. The molecule has 162 valence electrons. The normalized spacial score (nSPS) is 18.7. The van der Waals surface area contributed by atoms with Crippen molar-refractivity contribution in [2.75, 3.05) is 26.2 Å². The molecule has 0 bridgehead atoms. The Kier molecular flexibility index (Phi) is 5.72. The van der Waals surface area contributed by atoms with Crippen LogP contribution in [0.2, 0.25) is 0 Å². The Morgan fingerprint density at radius 1 is 0.903 bits per heavy atom. The zero-order chi connectivity index (χ0) is 22.1. The quantitative estimate of drug-likeness (QED) is 0.709. The fraction of sp³-hybridized carbons (Fsp3) is 0.360. The molecule has 1 amide bonds. The van der Waals surface area contributed by atoms with Gasteiger partial charge in [0.1, 0.15) is 0 Å². The van der Waals surface area contributed by atoms with Crippen LogP contribution in [-0.2, 0) is 9.59 Å². The van der Waals surface area contributed by atoms with Gasteiger partial charge in [0, 0.05) is 35.7 Å². The van der Waals surface area contributed by atoms with E-state index in [0.29, 0.717) is 30.1 Å². The maximum Gasteiger partial charge on any atom is 0.232 e. The summed E-state index contributed by atoms with van der Waals surface area (Å²) in [5.74, 6) is 1.25. The smallest absolute Gasteiger partial charge is 0.232 e. The van der Waals surface area contributed by atoms with Gasteiger partial charge in [0.05, 0.1) is 21.3 Å². The largest absolute Gasteiger partial charge is 0.493 e. The minimum Gasteiger partial charge on any atom is -0.493 e. The zero-order valence-corrected chi connectivity index (χ0v) is 18.4. The number of hydrogen-bond donors (Lipinski definition) is 0. The van der Waals surface area contributed by atoms with Crippen LogP contribution >= 0.6 is 0 Å². The summed E-state index contributed by atoms with van der Waals surface area (Å²) in [6, 6.07) is 11.5. The van der Waals surface area contributed by atoms with E-state index in [1.807, 2.05) is 43.3 Å². The number of ketones is 1. The van der Waals surface area contributed by atoms with Crippen LogP contribution in [0.5, 0.6) is 17.2 Å². The van der Waals surface area contributed by atoms with Crippen molar-refractivity contribution in [3.63, 3.8) is 0 Å². The van der Waals surface area contributed by atoms with Gasteiger partial charge < -0.3 is 14.2 Å². The van der Waals surface area contributed by atoms with Crippen LogP contribution in [0, 0.1) is 6.92 Å². The minimum absolute atomic E-state index is 0.0175. The van der Waals surface area contributed by atoms with Crippen LogP contribution in [0.1, 0.15) is 42.7 Å². The first-order chi connectivity index (χ1) is 15.0. The summed E-state index contributed by atoms with van der Waals surface area (Å²) in [6.45, 7) is 2.01. The first-order valence-corrected chi connectivity index (χ1v) is 10.4. The van der Waals surface area contributed by atoms with Crippen molar-refractivity contribution in [1.29, 1.82) is 0 Å². The average Bonchev–Trinajstić information content (AvgIpc) is 2.78. The minimum atomic E-state index is -0.342. The standard InChI is InChI=1S/C25H27NO5/c1-15-8-10-17(11-9-15)26-19-6-5-7-20(27)24(19)18(14-23(26)28)16-12-21(29-2)25(31-4)22(13-16)30-3/h8-13,18H,5-7,14H2,1-4H3/t18-/m1/s1. The lowest BCUT2D eigenvalue weighted by Gasteiger charge is -2.38. The third-order valence-corrected chi connectivity index (χ3v) is 6.06. The van der Waals surface area contributed by atoms with Crippen molar-refractivity contribution in [3.05, 3.63) is 58.8 Å². The van der Waals surface area contributed by atoms with E-state index in [0.717, 1.165) is 34.5 Å². The second-order valence-corrected chi connectivity index (χ2v) is 7.92. The Bertz CT molecular complexity index is 1030. The molecule has 0 fully saturated rings. The molecule has 0 saturated carbocycles. The highest BCUT2D eigenvalue weighted by Crippen LogP contribution is 2.47. The summed E-state index contributed by atoms with van der Waals surface area (Å²) in [5.41, 5.74) is 4.28. The van der Waals surface area contributed by atoms with Crippen LogP contribution in [0.3, 0.4) is 0 Å². The van der Waals surface area contributed by atoms with Gasteiger partial charge in [-0.1, -0.05) is 17.7 Å². The lowest BCUT2D eigenvalue weighted by molar-refractivity contribution is -0.119. The van der Waals surface area contributed by atoms with Crippen LogP contribution in [-0.4, -0.2) is 33.0 Å². The summed E-state index contributed by atoms with van der Waals surface area (Å²) in [4.78, 5) is 28.2. The molecule has 1 heterocycles.